The highest BCUT2D eigenvalue weighted by molar-refractivity contribution is 14.1. The fourth-order valence-electron chi connectivity index (χ4n) is 1.29. The first-order chi connectivity index (χ1) is 9.08. The molecule has 1 amide bonds. The molecule has 1 aromatic rings. The molecule has 0 spiro atoms. The standard InChI is InChI=1S/C14H14ClIN2O/c1-3-4-5-13(10(2)18-16)14(19)17-12-8-6-11(15)7-9-12/h3-9,18H,2H2,1H3,(H,17,19)/b4-3-,13-5+. The van der Waals surface area contributed by atoms with Crippen LogP contribution < -0.4 is 8.85 Å². The minimum Gasteiger partial charge on any atom is -0.328 e. The lowest BCUT2D eigenvalue weighted by Gasteiger charge is -2.10. The monoisotopic (exact) mass is 388 g/mol. The van der Waals surface area contributed by atoms with Gasteiger partial charge in [-0.1, -0.05) is 30.3 Å². The third-order valence-electron chi connectivity index (χ3n) is 2.24. The first-order valence-corrected chi connectivity index (χ1v) is 7.00. The van der Waals surface area contributed by atoms with Gasteiger partial charge in [-0.3, -0.25) is 4.79 Å². The molecule has 0 aromatic heterocycles. The molecule has 0 fully saturated rings. The fourth-order valence-corrected chi connectivity index (χ4v) is 1.70. The van der Waals surface area contributed by atoms with Crippen molar-refractivity contribution in [2.45, 2.75) is 6.92 Å². The van der Waals surface area contributed by atoms with Crippen molar-refractivity contribution in [1.82, 2.24) is 3.53 Å². The van der Waals surface area contributed by atoms with E-state index < -0.39 is 0 Å². The maximum Gasteiger partial charge on any atom is 0.257 e. The summed E-state index contributed by atoms with van der Waals surface area (Å²) in [5.74, 6) is -0.227. The number of rotatable bonds is 5. The number of nitrogens with one attached hydrogen (secondary N) is 2. The van der Waals surface area contributed by atoms with E-state index in [0.29, 0.717) is 22.0 Å². The molecule has 0 unspecified atom stereocenters. The Kier molecular flexibility index (Phi) is 6.66. The highest BCUT2D eigenvalue weighted by atomic mass is 127. The number of hydrogen-bond donors (Lipinski definition) is 2. The van der Waals surface area contributed by atoms with E-state index in [-0.39, 0.29) is 5.91 Å². The van der Waals surface area contributed by atoms with Gasteiger partial charge in [0.25, 0.3) is 5.91 Å². The molecule has 5 heteroatoms. The average molecular weight is 389 g/mol. The van der Waals surface area contributed by atoms with E-state index in [9.17, 15) is 4.79 Å². The fraction of sp³-hybridized carbons (Fsp3) is 0.0714. The van der Waals surface area contributed by atoms with Crippen molar-refractivity contribution < 1.29 is 4.79 Å². The van der Waals surface area contributed by atoms with Crippen LogP contribution in [0.3, 0.4) is 0 Å². The van der Waals surface area contributed by atoms with Crippen LogP contribution in [0.1, 0.15) is 6.92 Å². The third kappa shape index (κ3) is 5.08. The first kappa shape index (κ1) is 15.8. The van der Waals surface area contributed by atoms with Crippen molar-refractivity contribution in [3.8, 4) is 0 Å². The number of carbonyl (C=O) groups is 1. The summed E-state index contributed by atoms with van der Waals surface area (Å²) in [5.41, 5.74) is 1.70. The molecule has 0 aliphatic heterocycles. The molecule has 2 N–H and O–H groups in total. The summed E-state index contributed by atoms with van der Waals surface area (Å²) in [6.07, 6.45) is 5.34. The molecule has 0 saturated heterocycles. The molecule has 1 rings (SSSR count). The Morgan fingerprint density at radius 3 is 2.53 bits per heavy atom. The van der Waals surface area contributed by atoms with Crippen LogP contribution in [-0.4, -0.2) is 5.91 Å². The zero-order chi connectivity index (χ0) is 14.3. The Morgan fingerprint density at radius 2 is 2.00 bits per heavy atom. The maximum atomic E-state index is 12.2. The van der Waals surface area contributed by atoms with Crippen molar-refractivity contribution in [3.63, 3.8) is 0 Å². The van der Waals surface area contributed by atoms with Crippen molar-refractivity contribution in [2.75, 3.05) is 5.32 Å². The van der Waals surface area contributed by atoms with Crippen molar-refractivity contribution in [2.24, 2.45) is 0 Å². The van der Waals surface area contributed by atoms with E-state index in [4.69, 9.17) is 11.6 Å². The molecule has 0 heterocycles. The van der Waals surface area contributed by atoms with Crippen LogP contribution in [-0.2, 0) is 4.79 Å². The zero-order valence-electron chi connectivity index (χ0n) is 10.4. The van der Waals surface area contributed by atoms with Gasteiger partial charge in [0.1, 0.15) is 0 Å². The van der Waals surface area contributed by atoms with Gasteiger partial charge in [-0.25, -0.2) is 0 Å². The van der Waals surface area contributed by atoms with Crippen LogP contribution in [0.4, 0.5) is 5.69 Å². The van der Waals surface area contributed by atoms with Gasteiger partial charge < -0.3 is 8.85 Å². The lowest BCUT2D eigenvalue weighted by atomic mass is 10.1. The number of amides is 1. The summed E-state index contributed by atoms with van der Waals surface area (Å²) < 4.78 is 2.84. The Bertz CT molecular complexity index is 521. The van der Waals surface area contributed by atoms with Gasteiger partial charge in [0.2, 0.25) is 0 Å². The smallest absolute Gasteiger partial charge is 0.257 e. The van der Waals surface area contributed by atoms with Crippen molar-refractivity contribution >= 4 is 46.1 Å². The number of benzene rings is 1. The molecule has 3 nitrogen and oxygen atoms in total. The summed E-state index contributed by atoms with van der Waals surface area (Å²) in [7, 11) is 0. The molecular formula is C14H14ClIN2O. The minimum absolute atomic E-state index is 0.227. The van der Waals surface area contributed by atoms with Crippen molar-refractivity contribution in [3.05, 3.63) is 65.4 Å². The molecule has 0 bridgehead atoms. The topological polar surface area (TPSA) is 41.1 Å². The van der Waals surface area contributed by atoms with Gasteiger partial charge in [-0.2, -0.15) is 0 Å². The summed E-state index contributed by atoms with van der Waals surface area (Å²) >= 11 is 7.73. The van der Waals surface area contributed by atoms with Crippen LogP contribution >= 0.6 is 34.5 Å². The van der Waals surface area contributed by atoms with Crippen LogP contribution in [0.2, 0.25) is 5.02 Å². The van der Waals surface area contributed by atoms with Crippen LogP contribution in [0, 0.1) is 0 Å². The number of allylic oxidation sites excluding steroid dienone is 3. The van der Waals surface area contributed by atoms with E-state index in [2.05, 4.69) is 15.4 Å². The molecule has 0 radical (unpaired) electrons. The van der Waals surface area contributed by atoms with E-state index in [1.807, 2.05) is 35.9 Å². The Balaban J connectivity index is 2.89. The summed E-state index contributed by atoms with van der Waals surface area (Å²) in [4.78, 5) is 12.2. The maximum absolute atomic E-state index is 12.2. The Hall–Kier alpha value is -1.27. The van der Waals surface area contributed by atoms with E-state index in [1.165, 1.54) is 0 Å². The second kappa shape index (κ2) is 8.01. The third-order valence-corrected chi connectivity index (χ3v) is 3.14. The summed E-state index contributed by atoms with van der Waals surface area (Å²) in [5, 5.41) is 3.42. The number of carbonyl (C=O) groups excluding carboxylic acids is 1. The predicted molar refractivity (Wildman–Crippen MR) is 89.3 cm³/mol. The van der Waals surface area contributed by atoms with E-state index in [1.54, 1.807) is 36.4 Å². The predicted octanol–water partition coefficient (Wildman–Crippen LogP) is 4.23. The average Bonchev–Trinajstić information content (AvgIpc) is 2.41. The van der Waals surface area contributed by atoms with Gasteiger partial charge in [-0.15, -0.1) is 0 Å². The minimum atomic E-state index is -0.227. The normalized spacial score (nSPS) is 11.4. The summed E-state index contributed by atoms with van der Waals surface area (Å²) in [6.45, 7) is 5.68. The number of anilines is 1. The lowest BCUT2D eigenvalue weighted by Crippen LogP contribution is -2.18. The Labute approximate surface area is 131 Å². The second-order valence-electron chi connectivity index (χ2n) is 3.64. The summed E-state index contributed by atoms with van der Waals surface area (Å²) in [6, 6.07) is 6.93. The SMILES string of the molecule is C=C(NI)/C(=C\C=C/C)C(=O)Nc1ccc(Cl)cc1. The Morgan fingerprint density at radius 1 is 1.37 bits per heavy atom. The van der Waals surface area contributed by atoms with Crippen LogP contribution in [0.15, 0.2) is 60.3 Å². The number of halogens is 2. The van der Waals surface area contributed by atoms with Gasteiger partial charge in [0.15, 0.2) is 0 Å². The first-order valence-electron chi connectivity index (χ1n) is 5.54. The quantitative estimate of drug-likeness (QED) is 0.343. The van der Waals surface area contributed by atoms with Crippen molar-refractivity contribution in [1.29, 1.82) is 0 Å². The molecule has 1 aromatic carbocycles. The van der Waals surface area contributed by atoms with Crippen LogP contribution in [0.25, 0.3) is 0 Å². The molecule has 0 aliphatic carbocycles. The molecular weight excluding hydrogens is 375 g/mol. The van der Waals surface area contributed by atoms with Crippen LogP contribution in [0.5, 0.6) is 0 Å². The molecule has 0 saturated carbocycles. The lowest BCUT2D eigenvalue weighted by molar-refractivity contribution is -0.112. The molecule has 0 atom stereocenters. The van der Waals surface area contributed by atoms with E-state index >= 15 is 0 Å². The van der Waals surface area contributed by atoms with Gasteiger partial charge in [0, 0.05) is 16.4 Å². The highest BCUT2D eigenvalue weighted by Crippen LogP contribution is 2.16. The second-order valence-corrected chi connectivity index (χ2v) is 4.62. The largest absolute Gasteiger partial charge is 0.328 e. The molecule has 19 heavy (non-hydrogen) atoms. The highest BCUT2D eigenvalue weighted by Gasteiger charge is 2.12. The molecule has 0 aliphatic rings. The van der Waals surface area contributed by atoms with Gasteiger partial charge in [-0.05, 0) is 37.3 Å². The molecule has 100 valence electrons. The number of hydrogen-bond acceptors (Lipinski definition) is 2. The van der Waals surface area contributed by atoms with Gasteiger partial charge in [0.05, 0.1) is 28.4 Å². The van der Waals surface area contributed by atoms with E-state index in [0.717, 1.165) is 0 Å². The zero-order valence-corrected chi connectivity index (χ0v) is 13.3. The van der Waals surface area contributed by atoms with Gasteiger partial charge >= 0.3 is 0 Å².